The van der Waals surface area contributed by atoms with E-state index in [1.165, 1.54) is 51.4 Å². The fraction of sp³-hybridized carbons (Fsp3) is 0.625. The topological polar surface area (TPSA) is 24.1 Å². The van der Waals surface area contributed by atoms with Crippen molar-refractivity contribution in [1.29, 1.82) is 0 Å². The van der Waals surface area contributed by atoms with E-state index in [1.807, 2.05) is 0 Å². The predicted molar refractivity (Wildman–Crippen MR) is 125 cm³/mol. The fourth-order valence-electron chi connectivity index (χ4n) is 2.61. The summed E-state index contributed by atoms with van der Waals surface area (Å²) in [5.41, 5.74) is 0. The standard InChI is InChI=1S/C24H40N2S/c1-2-3-4-5-6-7-8-9-10-11-12-13-14-15-16-17-18-19-22-25-24(27)26-23-20-21-23/h6-7,9-10,12-13,15-16,23H,2-5,8,11,14,17-22H2,1H3,(H2,25,26,27)/b7-6-,10-9-,13-12-,16-15-. The Bertz CT molecular complexity index is 473. The lowest BCUT2D eigenvalue weighted by Gasteiger charge is -2.08. The van der Waals surface area contributed by atoms with Crippen molar-refractivity contribution in [1.82, 2.24) is 10.6 Å². The average molecular weight is 389 g/mol. The Morgan fingerprint density at radius 2 is 1.30 bits per heavy atom. The van der Waals surface area contributed by atoms with Crippen molar-refractivity contribution in [2.45, 2.75) is 90.0 Å². The van der Waals surface area contributed by atoms with E-state index in [-0.39, 0.29) is 0 Å². The molecule has 1 aliphatic carbocycles. The summed E-state index contributed by atoms with van der Waals surface area (Å²) >= 11 is 5.24. The molecule has 1 aliphatic rings. The molecule has 0 aliphatic heterocycles. The van der Waals surface area contributed by atoms with E-state index >= 15 is 0 Å². The van der Waals surface area contributed by atoms with E-state index in [9.17, 15) is 0 Å². The predicted octanol–water partition coefficient (Wildman–Crippen LogP) is 6.76. The summed E-state index contributed by atoms with van der Waals surface area (Å²) < 4.78 is 0. The average Bonchev–Trinajstić information content (AvgIpc) is 3.47. The minimum atomic E-state index is 0.647. The molecule has 152 valence electrons. The first-order valence-electron chi connectivity index (χ1n) is 11.0. The van der Waals surface area contributed by atoms with Crippen LogP contribution in [-0.4, -0.2) is 17.7 Å². The van der Waals surface area contributed by atoms with Crippen molar-refractivity contribution in [2.24, 2.45) is 0 Å². The van der Waals surface area contributed by atoms with Gasteiger partial charge >= 0.3 is 0 Å². The molecule has 0 spiro atoms. The Hall–Kier alpha value is -1.35. The monoisotopic (exact) mass is 388 g/mol. The van der Waals surface area contributed by atoms with Crippen LogP contribution in [0.5, 0.6) is 0 Å². The molecule has 0 atom stereocenters. The quantitative estimate of drug-likeness (QED) is 0.173. The van der Waals surface area contributed by atoms with Gasteiger partial charge in [0.05, 0.1) is 0 Å². The van der Waals surface area contributed by atoms with Gasteiger partial charge in [-0.15, -0.1) is 0 Å². The van der Waals surface area contributed by atoms with Gasteiger partial charge in [-0.3, -0.25) is 0 Å². The lowest BCUT2D eigenvalue weighted by Crippen LogP contribution is -2.36. The highest BCUT2D eigenvalue weighted by atomic mass is 32.1. The fourth-order valence-corrected chi connectivity index (χ4v) is 2.88. The normalized spacial score (nSPS) is 14.9. The van der Waals surface area contributed by atoms with Crippen molar-refractivity contribution in [3.63, 3.8) is 0 Å². The third-order valence-electron chi connectivity index (χ3n) is 4.45. The SMILES string of the molecule is CCCCC/C=C\C/C=C\C/C=C\C/C=C\CCCCNC(=S)NC1CC1. The summed E-state index contributed by atoms with van der Waals surface area (Å²) in [6.45, 7) is 3.23. The molecule has 1 saturated carbocycles. The first-order valence-corrected chi connectivity index (χ1v) is 11.4. The number of hydrogen-bond donors (Lipinski definition) is 2. The first-order chi connectivity index (χ1) is 13.3. The maximum Gasteiger partial charge on any atom is 0.166 e. The van der Waals surface area contributed by atoms with Crippen molar-refractivity contribution < 1.29 is 0 Å². The first kappa shape index (κ1) is 23.7. The molecule has 0 amide bonds. The second-order valence-electron chi connectivity index (χ2n) is 7.26. The molecule has 0 aromatic carbocycles. The van der Waals surface area contributed by atoms with Gasteiger partial charge in [0.15, 0.2) is 5.11 Å². The minimum Gasteiger partial charge on any atom is -0.363 e. The molecule has 0 saturated heterocycles. The highest BCUT2D eigenvalue weighted by Gasteiger charge is 2.21. The van der Waals surface area contributed by atoms with E-state index in [0.717, 1.165) is 37.3 Å². The summed E-state index contributed by atoms with van der Waals surface area (Å²) in [6.07, 6.45) is 32.6. The van der Waals surface area contributed by atoms with Crippen molar-refractivity contribution in [2.75, 3.05) is 6.54 Å². The van der Waals surface area contributed by atoms with Crippen LogP contribution in [0.4, 0.5) is 0 Å². The van der Waals surface area contributed by atoms with Gasteiger partial charge in [-0.05, 0) is 76.4 Å². The van der Waals surface area contributed by atoms with Crippen molar-refractivity contribution in [3.8, 4) is 0 Å². The lowest BCUT2D eigenvalue weighted by molar-refractivity contribution is 0.708. The number of rotatable bonds is 16. The number of thiocarbonyl (C=S) groups is 1. The van der Waals surface area contributed by atoms with Gasteiger partial charge < -0.3 is 10.6 Å². The van der Waals surface area contributed by atoms with Crippen LogP contribution in [0.25, 0.3) is 0 Å². The molecular formula is C24H40N2S. The van der Waals surface area contributed by atoms with E-state index in [0.29, 0.717) is 6.04 Å². The number of unbranched alkanes of at least 4 members (excludes halogenated alkanes) is 5. The molecule has 0 aromatic rings. The van der Waals surface area contributed by atoms with Gasteiger partial charge in [0, 0.05) is 12.6 Å². The smallest absolute Gasteiger partial charge is 0.166 e. The molecule has 0 radical (unpaired) electrons. The summed E-state index contributed by atoms with van der Waals surface area (Å²) in [5, 5.41) is 7.42. The molecule has 1 fully saturated rings. The molecule has 1 rings (SSSR count). The number of allylic oxidation sites excluding steroid dienone is 8. The highest BCUT2D eigenvalue weighted by molar-refractivity contribution is 7.80. The van der Waals surface area contributed by atoms with Crippen molar-refractivity contribution in [3.05, 3.63) is 48.6 Å². The third kappa shape index (κ3) is 17.8. The molecule has 0 heterocycles. The molecule has 3 heteroatoms. The zero-order valence-corrected chi connectivity index (χ0v) is 18.1. The Balaban J connectivity index is 1.83. The molecule has 0 unspecified atom stereocenters. The second-order valence-corrected chi connectivity index (χ2v) is 7.67. The summed E-state index contributed by atoms with van der Waals surface area (Å²) in [7, 11) is 0. The van der Waals surface area contributed by atoms with Gasteiger partial charge in [-0.25, -0.2) is 0 Å². The molecule has 27 heavy (non-hydrogen) atoms. The van der Waals surface area contributed by atoms with Crippen molar-refractivity contribution >= 4 is 17.3 Å². The van der Waals surface area contributed by atoms with E-state index in [1.54, 1.807) is 0 Å². The molecule has 2 N–H and O–H groups in total. The van der Waals surface area contributed by atoms with E-state index < -0.39 is 0 Å². The molecule has 0 bridgehead atoms. The van der Waals surface area contributed by atoms with Gasteiger partial charge in [0.1, 0.15) is 0 Å². The summed E-state index contributed by atoms with van der Waals surface area (Å²) in [5.74, 6) is 0. The Morgan fingerprint density at radius 3 is 1.81 bits per heavy atom. The molecule has 2 nitrogen and oxygen atoms in total. The minimum absolute atomic E-state index is 0.647. The van der Waals surface area contributed by atoms with E-state index in [2.05, 4.69) is 66.2 Å². The molecular weight excluding hydrogens is 348 g/mol. The maximum atomic E-state index is 5.24. The lowest BCUT2D eigenvalue weighted by atomic mass is 10.2. The zero-order chi connectivity index (χ0) is 19.4. The van der Waals surface area contributed by atoms with E-state index in [4.69, 9.17) is 12.2 Å². The molecule has 0 aromatic heterocycles. The highest BCUT2D eigenvalue weighted by Crippen LogP contribution is 2.18. The summed E-state index contributed by atoms with van der Waals surface area (Å²) in [4.78, 5) is 0. The number of nitrogens with one attached hydrogen (secondary N) is 2. The Kier molecular flexibility index (Phi) is 15.8. The van der Waals surface area contributed by atoms with Gasteiger partial charge in [-0.1, -0.05) is 68.4 Å². The van der Waals surface area contributed by atoms with Gasteiger partial charge in [0.2, 0.25) is 0 Å². The second kappa shape index (κ2) is 18.0. The largest absolute Gasteiger partial charge is 0.363 e. The van der Waals surface area contributed by atoms with Crippen LogP contribution < -0.4 is 10.6 Å². The van der Waals surface area contributed by atoms with Crippen LogP contribution in [0.3, 0.4) is 0 Å². The van der Waals surface area contributed by atoms with Gasteiger partial charge in [-0.2, -0.15) is 0 Å². The van der Waals surface area contributed by atoms with Crippen LogP contribution in [0, 0.1) is 0 Å². The van der Waals surface area contributed by atoms with Crippen LogP contribution in [0.15, 0.2) is 48.6 Å². The third-order valence-corrected chi connectivity index (χ3v) is 4.72. The number of hydrogen-bond acceptors (Lipinski definition) is 1. The Morgan fingerprint density at radius 1 is 0.778 bits per heavy atom. The van der Waals surface area contributed by atoms with Gasteiger partial charge in [0.25, 0.3) is 0 Å². The Labute approximate surface area is 173 Å². The van der Waals surface area contributed by atoms with Crippen LogP contribution in [0.2, 0.25) is 0 Å². The zero-order valence-electron chi connectivity index (χ0n) is 17.3. The van der Waals surface area contributed by atoms with Crippen LogP contribution in [-0.2, 0) is 0 Å². The summed E-state index contributed by atoms with van der Waals surface area (Å²) in [6, 6.07) is 0.647. The van der Waals surface area contributed by atoms with Crippen LogP contribution >= 0.6 is 12.2 Å². The van der Waals surface area contributed by atoms with Crippen LogP contribution in [0.1, 0.15) is 84.0 Å². The maximum absolute atomic E-state index is 5.24.